The van der Waals surface area contributed by atoms with Crippen molar-refractivity contribution in [1.82, 2.24) is 15.5 Å². The van der Waals surface area contributed by atoms with E-state index in [1.165, 1.54) is 135 Å². The fraction of sp³-hybridized carbons (Fsp3) is 0.892. The van der Waals surface area contributed by atoms with Crippen molar-refractivity contribution in [1.29, 1.82) is 0 Å². The summed E-state index contributed by atoms with van der Waals surface area (Å²) in [5, 5.41) is 6.14. The molecule has 0 aromatic rings. The molecular weight excluding hydrogens is 1010 g/mol. The van der Waals surface area contributed by atoms with E-state index < -0.39 is 0 Å². The molecule has 472 valence electrons. The number of rotatable bonds is 69. The Morgan fingerprint density at radius 1 is 0.287 bits per heavy atom. The maximum Gasteiger partial charge on any atom is 0.222 e. The van der Waals surface area contributed by atoms with Gasteiger partial charge in [-0.15, -0.1) is 0 Å². The molecular formula is C65H125N3O12. The van der Waals surface area contributed by atoms with Crippen molar-refractivity contribution >= 4 is 17.6 Å². The van der Waals surface area contributed by atoms with Gasteiger partial charge in [-0.05, 0) is 83.6 Å². The highest BCUT2D eigenvalue weighted by atomic mass is 16.6. The third-order valence-electron chi connectivity index (χ3n) is 13.6. The van der Waals surface area contributed by atoms with E-state index in [1.54, 1.807) is 0 Å². The molecule has 0 saturated carbocycles. The van der Waals surface area contributed by atoms with Gasteiger partial charge in [0, 0.05) is 58.5 Å². The van der Waals surface area contributed by atoms with Gasteiger partial charge in [0.2, 0.25) is 11.8 Å². The van der Waals surface area contributed by atoms with Crippen molar-refractivity contribution in [3.8, 4) is 0 Å². The summed E-state index contributed by atoms with van der Waals surface area (Å²) in [7, 11) is 0. The summed E-state index contributed by atoms with van der Waals surface area (Å²) >= 11 is 0. The van der Waals surface area contributed by atoms with Crippen LogP contribution in [0.2, 0.25) is 0 Å². The number of hydrogen-bond donors (Lipinski definition) is 2. The molecule has 0 unspecified atom stereocenters. The average Bonchev–Trinajstić information content (AvgIpc) is 3.45. The van der Waals surface area contributed by atoms with E-state index in [4.69, 9.17) is 42.6 Å². The molecule has 80 heavy (non-hydrogen) atoms. The first kappa shape index (κ1) is 77.7. The molecule has 0 rings (SSSR count). The molecule has 0 spiro atoms. The number of carbonyl (C=O) groups excluding carboxylic acids is 3. The van der Waals surface area contributed by atoms with Gasteiger partial charge >= 0.3 is 0 Å². The molecule has 0 saturated heterocycles. The first-order chi connectivity index (χ1) is 39.5. The molecule has 15 heteroatoms. The van der Waals surface area contributed by atoms with Gasteiger partial charge in [0.25, 0.3) is 0 Å². The molecule has 15 nitrogen and oxygen atoms in total. The summed E-state index contributed by atoms with van der Waals surface area (Å²) in [6, 6.07) is 0. The minimum Gasteiger partial charge on any atom is -0.379 e. The molecule has 0 heterocycles. The third kappa shape index (κ3) is 66.5. The standard InChI is InChI=1S/C65H125N3O12/c1-4-7-9-11-13-15-17-19-21-23-25-27-29-31-33-36-63(69)37-35-42-68(43-40-66-64(70)38-34-32-30-28-26-24-22-20-18-16-14-12-10-8-5-2)44-41-67-65(71)39-46-73-48-50-75-52-54-77-56-58-79-60-62-80-61-59-78-57-55-76-53-51-74-49-47-72-45-6-3/h19-22H,4-18,23-62H2,1-3H3,(H,66,70)(H,67,71)/b21-19-,22-20-. The predicted octanol–water partition coefficient (Wildman–Crippen LogP) is 12.9. The van der Waals surface area contributed by atoms with E-state index in [1.807, 2.05) is 0 Å². The third-order valence-corrected chi connectivity index (χ3v) is 13.6. The zero-order valence-electron chi connectivity index (χ0n) is 52.0. The molecule has 0 aromatic carbocycles. The molecule has 0 aliphatic heterocycles. The Bertz CT molecular complexity index is 1270. The molecule has 0 fully saturated rings. The van der Waals surface area contributed by atoms with Crippen LogP contribution < -0.4 is 10.6 Å². The van der Waals surface area contributed by atoms with Crippen molar-refractivity contribution in [2.75, 3.05) is 152 Å². The molecule has 0 bridgehead atoms. The van der Waals surface area contributed by atoms with Crippen molar-refractivity contribution in [2.24, 2.45) is 0 Å². The Kier molecular flexibility index (Phi) is 67.2. The average molecular weight is 1140 g/mol. The highest BCUT2D eigenvalue weighted by Gasteiger charge is 2.11. The van der Waals surface area contributed by atoms with Crippen LogP contribution in [0.15, 0.2) is 24.3 Å². The van der Waals surface area contributed by atoms with Gasteiger partial charge in [-0.1, -0.05) is 148 Å². The van der Waals surface area contributed by atoms with E-state index in [2.05, 4.69) is 60.6 Å². The Hall–Kier alpha value is -2.31. The maximum atomic E-state index is 12.8. The van der Waals surface area contributed by atoms with Crippen LogP contribution in [-0.2, 0) is 57.0 Å². The maximum absolute atomic E-state index is 12.8. The first-order valence-corrected chi connectivity index (χ1v) is 32.8. The van der Waals surface area contributed by atoms with Gasteiger partial charge in [0.15, 0.2) is 0 Å². The summed E-state index contributed by atoms with van der Waals surface area (Å²) in [5.74, 6) is 0.370. The second-order valence-electron chi connectivity index (χ2n) is 21.1. The second kappa shape index (κ2) is 69.2. The quantitative estimate of drug-likeness (QED) is 0.0438. The predicted molar refractivity (Wildman–Crippen MR) is 328 cm³/mol. The zero-order valence-corrected chi connectivity index (χ0v) is 52.0. The molecule has 2 amide bonds. The van der Waals surface area contributed by atoms with Crippen LogP contribution in [0.5, 0.6) is 0 Å². The smallest absolute Gasteiger partial charge is 0.222 e. The molecule has 0 atom stereocenters. The lowest BCUT2D eigenvalue weighted by atomic mass is 10.0. The summed E-state index contributed by atoms with van der Waals surface area (Å²) in [5.41, 5.74) is 0. The summed E-state index contributed by atoms with van der Waals surface area (Å²) in [4.78, 5) is 40.4. The Morgan fingerprint density at radius 2 is 0.575 bits per heavy atom. The first-order valence-electron chi connectivity index (χ1n) is 32.8. The lowest BCUT2D eigenvalue weighted by molar-refractivity contribution is -0.122. The number of Topliss-reactive ketones (excluding diaryl/α,β-unsaturated/α-hetero) is 1. The highest BCUT2D eigenvalue weighted by molar-refractivity contribution is 5.78. The number of hydrogen-bond acceptors (Lipinski definition) is 13. The van der Waals surface area contributed by atoms with E-state index in [-0.39, 0.29) is 18.2 Å². The second-order valence-corrected chi connectivity index (χ2v) is 21.1. The lowest BCUT2D eigenvalue weighted by Crippen LogP contribution is -2.40. The van der Waals surface area contributed by atoms with Crippen molar-refractivity contribution in [3.05, 3.63) is 24.3 Å². The van der Waals surface area contributed by atoms with E-state index in [9.17, 15) is 14.4 Å². The number of ether oxygens (including phenoxy) is 9. The van der Waals surface area contributed by atoms with Crippen LogP contribution in [0.4, 0.5) is 0 Å². The number of amides is 2. The van der Waals surface area contributed by atoms with E-state index >= 15 is 0 Å². The Labute approximate surface area is 490 Å². The van der Waals surface area contributed by atoms with Crippen molar-refractivity contribution < 1.29 is 57.0 Å². The van der Waals surface area contributed by atoms with Gasteiger partial charge < -0.3 is 53.3 Å². The molecule has 0 aliphatic rings. The topological polar surface area (TPSA) is 162 Å². The minimum atomic E-state index is -0.0652. The van der Waals surface area contributed by atoms with Crippen LogP contribution in [0.25, 0.3) is 0 Å². The highest BCUT2D eigenvalue weighted by Crippen LogP contribution is 2.13. The number of nitrogens with one attached hydrogen (secondary N) is 2. The van der Waals surface area contributed by atoms with Crippen molar-refractivity contribution in [3.63, 3.8) is 0 Å². The van der Waals surface area contributed by atoms with Gasteiger partial charge in [-0.3, -0.25) is 19.3 Å². The molecule has 2 N–H and O–H groups in total. The zero-order chi connectivity index (χ0) is 57.8. The normalized spacial score (nSPS) is 11.8. The number of nitrogens with zero attached hydrogens (tertiary/aromatic N) is 1. The van der Waals surface area contributed by atoms with Gasteiger partial charge in [-0.2, -0.15) is 0 Å². The SMILES string of the molecule is CCCCCCCC/C=C\CCCCCCCC(=O)CCCN(CCNC(=O)CCCCCCC/C=C\CCCCCCCC)CCNC(=O)CCOCCOCCOCCOCCOCCOCCOCCOCCOCCC. The lowest BCUT2D eigenvalue weighted by Gasteiger charge is -2.22. The monoisotopic (exact) mass is 1140 g/mol. The number of carbonyl (C=O) groups is 3. The fourth-order valence-corrected chi connectivity index (χ4v) is 8.76. The summed E-state index contributed by atoms with van der Waals surface area (Å²) in [6.07, 6.45) is 45.6. The Morgan fingerprint density at radius 3 is 0.938 bits per heavy atom. The van der Waals surface area contributed by atoms with E-state index in [0.717, 1.165) is 58.1 Å². The molecule has 0 aromatic heterocycles. The number of allylic oxidation sites excluding steroid dienone is 4. The Balaban J connectivity index is 4.18. The van der Waals surface area contributed by atoms with E-state index in [0.29, 0.717) is 164 Å². The fourth-order valence-electron chi connectivity index (χ4n) is 8.76. The van der Waals surface area contributed by atoms with Gasteiger partial charge in [-0.25, -0.2) is 0 Å². The largest absolute Gasteiger partial charge is 0.379 e. The molecule has 0 aliphatic carbocycles. The number of ketones is 1. The summed E-state index contributed by atoms with van der Waals surface area (Å²) in [6.45, 7) is 18.8. The summed E-state index contributed by atoms with van der Waals surface area (Å²) < 4.78 is 49.7. The van der Waals surface area contributed by atoms with Crippen molar-refractivity contribution in [2.45, 2.75) is 226 Å². The molecule has 0 radical (unpaired) electrons. The van der Waals surface area contributed by atoms with Crippen LogP contribution in [0.1, 0.15) is 226 Å². The number of unbranched alkanes of at least 4 members (excludes halogenated alkanes) is 22. The van der Waals surface area contributed by atoms with Crippen LogP contribution in [0, 0.1) is 0 Å². The van der Waals surface area contributed by atoms with Crippen LogP contribution in [-0.4, -0.2) is 174 Å². The van der Waals surface area contributed by atoms with Gasteiger partial charge in [0.05, 0.1) is 112 Å². The minimum absolute atomic E-state index is 0.0652. The van der Waals surface area contributed by atoms with Crippen LogP contribution in [0.3, 0.4) is 0 Å². The van der Waals surface area contributed by atoms with Gasteiger partial charge in [0.1, 0.15) is 5.78 Å². The van der Waals surface area contributed by atoms with Crippen LogP contribution >= 0.6 is 0 Å².